The van der Waals surface area contributed by atoms with Crippen LogP contribution in [0.4, 0.5) is 0 Å². The first-order valence-electron chi connectivity index (χ1n) is 5.34. The highest BCUT2D eigenvalue weighted by Gasteiger charge is 2.31. The number of hydrogen-bond donors (Lipinski definition) is 2. The fraction of sp³-hybridized carbons (Fsp3) is 0.500. The molecule has 0 unspecified atom stereocenters. The first kappa shape index (κ1) is 10.6. The molecule has 3 N–H and O–H groups in total. The molecule has 0 amide bonds. The second kappa shape index (κ2) is 4.31. The maximum Gasteiger partial charge on any atom is 0.0940 e. The molecule has 2 rings (SSSR count). The van der Waals surface area contributed by atoms with Crippen molar-refractivity contribution in [3.63, 3.8) is 0 Å². The van der Waals surface area contributed by atoms with E-state index in [-0.39, 0.29) is 0 Å². The van der Waals surface area contributed by atoms with Gasteiger partial charge >= 0.3 is 0 Å². The van der Waals surface area contributed by atoms with E-state index >= 15 is 0 Å². The molecule has 0 radical (unpaired) electrons. The van der Waals surface area contributed by atoms with Gasteiger partial charge in [-0.05, 0) is 11.1 Å². The van der Waals surface area contributed by atoms with Crippen LogP contribution in [0, 0.1) is 0 Å². The topological polar surface area (TPSA) is 55.5 Å². The molecule has 0 atom stereocenters. The molecule has 82 valence electrons. The normalized spacial score (nSPS) is 20.1. The summed E-state index contributed by atoms with van der Waals surface area (Å²) in [5.74, 6) is 0. The average molecular weight is 207 g/mol. The van der Waals surface area contributed by atoms with Crippen LogP contribution in [0.25, 0.3) is 0 Å². The summed E-state index contributed by atoms with van der Waals surface area (Å²) in [4.78, 5) is 0. The molecule has 1 aliphatic rings. The molecule has 0 aromatic heterocycles. The molecular formula is C12H17NO2. The standard InChI is InChI=1S/C12H17NO2/c13-9-10-1-3-11(4-2-10)12(14)5-7-15-8-6-12/h1-4,14H,5-9,13H2. The SMILES string of the molecule is NCc1ccc(C2(O)CCOCC2)cc1. The lowest BCUT2D eigenvalue weighted by atomic mass is 9.86. The third-order valence-electron chi connectivity index (χ3n) is 3.05. The number of hydrogen-bond acceptors (Lipinski definition) is 3. The Balaban J connectivity index is 2.20. The fourth-order valence-corrected chi connectivity index (χ4v) is 1.95. The third-order valence-corrected chi connectivity index (χ3v) is 3.05. The predicted molar refractivity (Wildman–Crippen MR) is 58.3 cm³/mol. The molecule has 1 aromatic carbocycles. The highest BCUT2D eigenvalue weighted by Crippen LogP contribution is 2.31. The van der Waals surface area contributed by atoms with Crippen LogP contribution in [0.1, 0.15) is 24.0 Å². The number of benzene rings is 1. The van der Waals surface area contributed by atoms with Crippen molar-refractivity contribution in [2.45, 2.75) is 25.0 Å². The Morgan fingerprint density at radius 3 is 2.33 bits per heavy atom. The van der Waals surface area contributed by atoms with Gasteiger partial charge in [-0.15, -0.1) is 0 Å². The van der Waals surface area contributed by atoms with Gasteiger partial charge in [0.1, 0.15) is 0 Å². The third kappa shape index (κ3) is 2.20. The molecule has 15 heavy (non-hydrogen) atoms. The Kier molecular flexibility index (Phi) is 3.05. The van der Waals surface area contributed by atoms with E-state index in [9.17, 15) is 5.11 Å². The summed E-state index contributed by atoms with van der Waals surface area (Å²) in [5, 5.41) is 10.4. The number of nitrogens with two attached hydrogens (primary N) is 1. The van der Waals surface area contributed by atoms with Crippen LogP contribution in [-0.2, 0) is 16.9 Å². The maximum atomic E-state index is 10.4. The molecule has 0 saturated carbocycles. The zero-order valence-electron chi connectivity index (χ0n) is 8.78. The molecule has 0 spiro atoms. The summed E-state index contributed by atoms with van der Waals surface area (Å²) in [6.07, 6.45) is 1.35. The molecule has 1 saturated heterocycles. The van der Waals surface area contributed by atoms with Gasteiger partial charge in [0.15, 0.2) is 0 Å². The highest BCUT2D eigenvalue weighted by atomic mass is 16.5. The minimum atomic E-state index is -0.703. The van der Waals surface area contributed by atoms with E-state index in [1.807, 2.05) is 24.3 Å². The maximum absolute atomic E-state index is 10.4. The Morgan fingerprint density at radius 2 is 1.80 bits per heavy atom. The Morgan fingerprint density at radius 1 is 1.20 bits per heavy atom. The predicted octanol–water partition coefficient (Wildman–Crippen LogP) is 1.14. The second-order valence-corrected chi connectivity index (χ2v) is 4.05. The number of rotatable bonds is 2. The van der Waals surface area contributed by atoms with Crippen LogP contribution in [-0.4, -0.2) is 18.3 Å². The molecule has 1 aromatic rings. The zero-order chi connectivity index (χ0) is 10.7. The number of aliphatic hydroxyl groups is 1. The van der Waals surface area contributed by atoms with E-state index < -0.39 is 5.60 Å². The van der Waals surface area contributed by atoms with Crippen LogP contribution in [0.15, 0.2) is 24.3 Å². The Bertz CT molecular complexity index is 315. The lowest BCUT2D eigenvalue weighted by Crippen LogP contribution is -2.33. The van der Waals surface area contributed by atoms with Crippen molar-refractivity contribution in [1.29, 1.82) is 0 Å². The Hall–Kier alpha value is -0.900. The summed E-state index contributed by atoms with van der Waals surface area (Å²) in [6.45, 7) is 1.81. The summed E-state index contributed by atoms with van der Waals surface area (Å²) >= 11 is 0. The van der Waals surface area contributed by atoms with Crippen molar-refractivity contribution in [3.05, 3.63) is 35.4 Å². The van der Waals surface area contributed by atoms with Gasteiger partial charge in [0, 0.05) is 32.6 Å². The van der Waals surface area contributed by atoms with Crippen molar-refractivity contribution < 1.29 is 9.84 Å². The van der Waals surface area contributed by atoms with E-state index in [1.165, 1.54) is 0 Å². The Labute approximate surface area is 89.9 Å². The zero-order valence-corrected chi connectivity index (χ0v) is 8.78. The van der Waals surface area contributed by atoms with Gasteiger partial charge in [-0.1, -0.05) is 24.3 Å². The van der Waals surface area contributed by atoms with Gasteiger partial charge in [0.25, 0.3) is 0 Å². The smallest absolute Gasteiger partial charge is 0.0940 e. The molecule has 0 bridgehead atoms. The quantitative estimate of drug-likeness (QED) is 0.764. The van der Waals surface area contributed by atoms with E-state index in [0.29, 0.717) is 32.6 Å². The van der Waals surface area contributed by atoms with Crippen molar-refractivity contribution >= 4 is 0 Å². The van der Waals surface area contributed by atoms with E-state index in [0.717, 1.165) is 11.1 Å². The highest BCUT2D eigenvalue weighted by molar-refractivity contribution is 5.27. The molecule has 1 aliphatic heterocycles. The van der Waals surface area contributed by atoms with Gasteiger partial charge in [0.2, 0.25) is 0 Å². The molecule has 3 heteroatoms. The van der Waals surface area contributed by atoms with Gasteiger partial charge in [0.05, 0.1) is 5.60 Å². The summed E-state index contributed by atoms with van der Waals surface area (Å²) in [6, 6.07) is 7.88. The fourth-order valence-electron chi connectivity index (χ4n) is 1.95. The van der Waals surface area contributed by atoms with E-state index in [1.54, 1.807) is 0 Å². The lowest BCUT2D eigenvalue weighted by molar-refractivity contribution is -0.0679. The minimum Gasteiger partial charge on any atom is -0.385 e. The van der Waals surface area contributed by atoms with Gasteiger partial charge in [-0.3, -0.25) is 0 Å². The molecule has 1 heterocycles. The monoisotopic (exact) mass is 207 g/mol. The summed E-state index contributed by atoms with van der Waals surface area (Å²) in [7, 11) is 0. The van der Waals surface area contributed by atoms with Crippen LogP contribution in [0.5, 0.6) is 0 Å². The lowest BCUT2D eigenvalue weighted by Gasteiger charge is -2.32. The first-order valence-corrected chi connectivity index (χ1v) is 5.34. The largest absolute Gasteiger partial charge is 0.385 e. The second-order valence-electron chi connectivity index (χ2n) is 4.05. The van der Waals surface area contributed by atoms with Crippen molar-refractivity contribution in [2.24, 2.45) is 5.73 Å². The van der Waals surface area contributed by atoms with Gasteiger partial charge < -0.3 is 15.6 Å². The first-order chi connectivity index (χ1) is 7.24. The minimum absolute atomic E-state index is 0.543. The summed E-state index contributed by atoms with van der Waals surface area (Å²) in [5.41, 5.74) is 6.89. The van der Waals surface area contributed by atoms with Gasteiger partial charge in [-0.25, -0.2) is 0 Å². The van der Waals surface area contributed by atoms with Crippen molar-refractivity contribution in [1.82, 2.24) is 0 Å². The van der Waals surface area contributed by atoms with Crippen LogP contribution in [0.2, 0.25) is 0 Å². The van der Waals surface area contributed by atoms with Crippen LogP contribution >= 0.6 is 0 Å². The number of ether oxygens (including phenoxy) is 1. The van der Waals surface area contributed by atoms with E-state index in [2.05, 4.69) is 0 Å². The summed E-state index contributed by atoms with van der Waals surface area (Å²) < 4.78 is 5.25. The van der Waals surface area contributed by atoms with Gasteiger partial charge in [-0.2, -0.15) is 0 Å². The van der Waals surface area contributed by atoms with Crippen molar-refractivity contribution in [3.8, 4) is 0 Å². The van der Waals surface area contributed by atoms with Crippen LogP contribution < -0.4 is 5.73 Å². The average Bonchev–Trinajstić information content (AvgIpc) is 2.30. The van der Waals surface area contributed by atoms with Crippen molar-refractivity contribution in [2.75, 3.05) is 13.2 Å². The molecular weight excluding hydrogens is 190 g/mol. The molecule has 3 nitrogen and oxygen atoms in total. The molecule has 1 fully saturated rings. The van der Waals surface area contributed by atoms with E-state index in [4.69, 9.17) is 10.5 Å². The molecule has 0 aliphatic carbocycles. The van der Waals surface area contributed by atoms with Crippen LogP contribution in [0.3, 0.4) is 0 Å².